The van der Waals surface area contributed by atoms with Crippen molar-refractivity contribution in [2.24, 2.45) is 0 Å². The Labute approximate surface area is 124 Å². The third kappa shape index (κ3) is 2.49. The van der Waals surface area contributed by atoms with Gasteiger partial charge in [0.15, 0.2) is 4.67 Å². The Balaban J connectivity index is 1.80. The van der Waals surface area contributed by atoms with Crippen molar-refractivity contribution in [3.8, 4) is 0 Å². The first kappa shape index (κ1) is 13.0. The largest absolute Gasteiger partial charge is 0.452 e. The van der Waals surface area contributed by atoms with E-state index < -0.39 is 0 Å². The molecule has 0 spiro atoms. The molecule has 0 aliphatic rings. The van der Waals surface area contributed by atoms with Crippen LogP contribution in [0.15, 0.2) is 51.6 Å². The number of aromatic amines is 1. The Morgan fingerprint density at radius 1 is 1.30 bits per heavy atom. The molecule has 2 aromatic heterocycles. The molecular weight excluding hydrogens is 320 g/mol. The Morgan fingerprint density at radius 3 is 2.80 bits per heavy atom. The second-order valence-corrected chi connectivity index (χ2v) is 5.42. The highest BCUT2D eigenvalue weighted by Gasteiger charge is 2.15. The van der Waals surface area contributed by atoms with E-state index in [0.29, 0.717) is 16.9 Å². The van der Waals surface area contributed by atoms with Crippen LogP contribution in [0.25, 0.3) is 10.9 Å². The van der Waals surface area contributed by atoms with Gasteiger partial charge in [-0.05, 0) is 40.2 Å². The minimum absolute atomic E-state index is 0.0614. The summed E-state index contributed by atoms with van der Waals surface area (Å²) in [6, 6.07) is 13.4. The van der Waals surface area contributed by atoms with Gasteiger partial charge in [0.2, 0.25) is 0 Å². The third-order valence-electron chi connectivity index (χ3n) is 3.13. The summed E-state index contributed by atoms with van der Waals surface area (Å²) in [5.74, 6) is 0.678. The molecule has 0 unspecified atom stereocenters. The number of halogens is 1. The van der Waals surface area contributed by atoms with Crippen LogP contribution in [-0.2, 0) is 6.54 Å². The number of H-pyrrole nitrogens is 1. The highest BCUT2D eigenvalue weighted by Crippen LogP contribution is 2.18. The zero-order valence-corrected chi connectivity index (χ0v) is 12.5. The molecule has 1 aromatic carbocycles. The van der Waals surface area contributed by atoms with E-state index in [2.05, 4.69) is 20.9 Å². The Kier molecular flexibility index (Phi) is 3.36. The van der Waals surface area contributed by atoms with Gasteiger partial charge in [-0.25, -0.2) is 0 Å². The van der Waals surface area contributed by atoms with Gasteiger partial charge in [0, 0.05) is 18.0 Å². The molecule has 0 aliphatic heterocycles. The first-order chi connectivity index (χ1) is 9.63. The summed E-state index contributed by atoms with van der Waals surface area (Å²) in [5.41, 5.74) is 1.55. The van der Waals surface area contributed by atoms with Crippen LogP contribution >= 0.6 is 15.9 Å². The molecular formula is C15H13BrN2O2. The average molecular weight is 333 g/mol. The van der Waals surface area contributed by atoms with Crippen molar-refractivity contribution in [1.82, 2.24) is 9.88 Å². The molecule has 3 aromatic rings. The Hall–Kier alpha value is -2.01. The summed E-state index contributed by atoms with van der Waals surface area (Å²) in [6.07, 6.45) is 0. The molecule has 4 nitrogen and oxygen atoms in total. The summed E-state index contributed by atoms with van der Waals surface area (Å²) in [4.78, 5) is 17.1. The minimum atomic E-state index is -0.0614. The van der Waals surface area contributed by atoms with Crippen LogP contribution in [-0.4, -0.2) is 22.8 Å². The Morgan fingerprint density at radius 2 is 2.10 bits per heavy atom. The molecule has 5 heteroatoms. The van der Waals surface area contributed by atoms with Crippen LogP contribution in [0.4, 0.5) is 0 Å². The molecule has 0 saturated carbocycles. The topological polar surface area (TPSA) is 49.2 Å². The lowest BCUT2D eigenvalue weighted by molar-refractivity contribution is 0.0770. The number of aromatic nitrogens is 1. The van der Waals surface area contributed by atoms with Crippen LogP contribution in [0.3, 0.4) is 0 Å². The van der Waals surface area contributed by atoms with Gasteiger partial charge in [0.05, 0.1) is 6.54 Å². The number of hydrogen-bond acceptors (Lipinski definition) is 2. The van der Waals surface area contributed by atoms with E-state index >= 15 is 0 Å². The molecule has 0 aliphatic carbocycles. The van der Waals surface area contributed by atoms with Crippen LogP contribution in [0, 0.1) is 0 Å². The van der Waals surface area contributed by atoms with E-state index in [4.69, 9.17) is 4.42 Å². The maximum atomic E-state index is 12.4. The molecule has 1 amide bonds. The number of furan rings is 1. The molecule has 0 saturated heterocycles. The van der Waals surface area contributed by atoms with Crippen molar-refractivity contribution in [3.05, 3.63) is 58.6 Å². The summed E-state index contributed by atoms with van der Waals surface area (Å²) in [7, 11) is 1.75. The van der Waals surface area contributed by atoms with Crippen LogP contribution < -0.4 is 0 Å². The van der Waals surface area contributed by atoms with E-state index in [1.165, 1.54) is 0 Å². The lowest BCUT2D eigenvalue weighted by atomic mass is 10.2. The lowest BCUT2D eigenvalue weighted by Gasteiger charge is -2.14. The third-order valence-corrected chi connectivity index (χ3v) is 3.56. The highest BCUT2D eigenvalue weighted by molar-refractivity contribution is 9.10. The second-order valence-electron chi connectivity index (χ2n) is 4.64. The number of carbonyl (C=O) groups excluding carboxylic acids is 1. The van der Waals surface area contributed by atoms with E-state index in [-0.39, 0.29) is 5.91 Å². The van der Waals surface area contributed by atoms with Crippen molar-refractivity contribution < 1.29 is 9.21 Å². The van der Waals surface area contributed by atoms with Crippen molar-refractivity contribution in [2.45, 2.75) is 6.54 Å². The molecule has 3 rings (SSSR count). The van der Waals surface area contributed by atoms with E-state index in [1.807, 2.05) is 42.5 Å². The Bertz CT molecular complexity index is 727. The van der Waals surface area contributed by atoms with E-state index in [1.54, 1.807) is 11.9 Å². The standard InChI is InChI=1S/C15H13BrN2O2/c1-18(9-11-6-7-14(16)20-11)15(19)13-8-10-4-2-3-5-12(10)17-13/h2-8,17H,9H2,1H3. The first-order valence-electron chi connectivity index (χ1n) is 6.21. The number of benzene rings is 1. The monoisotopic (exact) mass is 332 g/mol. The predicted octanol–water partition coefficient (Wildman–Crippen LogP) is 3.80. The number of nitrogens with zero attached hydrogens (tertiary/aromatic N) is 1. The van der Waals surface area contributed by atoms with Crippen LogP contribution in [0.5, 0.6) is 0 Å². The molecule has 0 fully saturated rings. The first-order valence-corrected chi connectivity index (χ1v) is 7.00. The maximum absolute atomic E-state index is 12.4. The number of hydrogen-bond donors (Lipinski definition) is 1. The van der Waals surface area contributed by atoms with Gasteiger partial charge >= 0.3 is 0 Å². The van der Waals surface area contributed by atoms with Gasteiger partial charge in [-0.15, -0.1) is 0 Å². The lowest BCUT2D eigenvalue weighted by Crippen LogP contribution is -2.26. The van der Waals surface area contributed by atoms with Crippen molar-refractivity contribution in [1.29, 1.82) is 0 Å². The van der Waals surface area contributed by atoms with Gasteiger partial charge in [-0.3, -0.25) is 4.79 Å². The fourth-order valence-electron chi connectivity index (χ4n) is 2.14. The number of para-hydroxylation sites is 1. The summed E-state index contributed by atoms with van der Waals surface area (Å²) < 4.78 is 6.08. The van der Waals surface area contributed by atoms with E-state index in [9.17, 15) is 4.79 Å². The van der Waals surface area contributed by atoms with Gasteiger partial charge < -0.3 is 14.3 Å². The molecule has 2 heterocycles. The number of fused-ring (bicyclic) bond motifs is 1. The number of amides is 1. The number of carbonyl (C=O) groups is 1. The molecule has 0 atom stereocenters. The highest BCUT2D eigenvalue weighted by atomic mass is 79.9. The maximum Gasteiger partial charge on any atom is 0.270 e. The molecule has 20 heavy (non-hydrogen) atoms. The average Bonchev–Trinajstić information content (AvgIpc) is 3.03. The van der Waals surface area contributed by atoms with E-state index in [0.717, 1.165) is 16.7 Å². The molecule has 102 valence electrons. The quantitative estimate of drug-likeness (QED) is 0.793. The second kappa shape index (κ2) is 5.17. The number of rotatable bonds is 3. The zero-order chi connectivity index (χ0) is 14.1. The van der Waals surface area contributed by atoms with Crippen LogP contribution in [0.1, 0.15) is 16.2 Å². The SMILES string of the molecule is CN(Cc1ccc(Br)o1)C(=O)c1cc2ccccc2[nH]1. The molecule has 0 radical (unpaired) electrons. The summed E-state index contributed by atoms with van der Waals surface area (Å²) in [6.45, 7) is 0.430. The van der Waals surface area contributed by atoms with Gasteiger partial charge in [-0.1, -0.05) is 18.2 Å². The predicted molar refractivity (Wildman–Crippen MR) is 80.5 cm³/mol. The fraction of sp³-hybridized carbons (Fsp3) is 0.133. The minimum Gasteiger partial charge on any atom is -0.452 e. The van der Waals surface area contributed by atoms with Crippen molar-refractivity contribution in [3.63, 3.8) is 0 Å². The summed E-state index contributed by atoms with van der Waals surface area (Å²) in [5, 5.41) is 1.03. The number of nitrogens with one attached hydrogen (secondary N) is 1. The summed E-state index contributed by atoms with van der Waals surface area (Å²) >= 11 is 3.25. The van der Waals surface area contributed by atoms with Crippen molar-refractivity contribution >= 4 is 32.7 Å². The zero-order valence-electron chi connectivity index (χ0n) is 10.9. The van der Waals surface area contributed by atoms with Crippen LogP contribution in [0.2, 0.25) is 0 Å². The smallest absolute Gasteiger partial charge is 0.270 e. The normalized spacial score (nSPS) is 10.9. The molecule has 0 bridgehead atoms. The van der Waals surface area contributed by atoms with Gasteiger partial charge in [0.1, 0.15) is 11.5 Å². The van der Waals surface area contributed by atoms with Crippen molar-refractivity contribution in [2.75, 3.05) is 7.05 Å². The van der Waals surface area contributed by atoms with Gasteiger partial charge in [-0.2, -0.15) is 0 Å². The van der Waals surface area contributed by atoms with Gasteiger partial charge in [0.25, 0.3) is 5.91 Å². The fourth-order valence-corrected chi connectivity index (χ4v) is 2.48. The molecule has 1 N–H and O–H groups in total.